The first-order valence-corrected chi connectivity index (χ1v) is 6.68. The van der Waals surface area contributed by atoms with Crippen molar-refractivity contribution in [3.63, 3.8) is 0 Å². The molecule has 0 spiro atoms. The van der Waals surface area contributed by atoms with Crippen LogP contribution in [0.2, 0.25) is 0 Å². The Bertz CT molecular complexity index is 442. The second-order valence-corrected chi connectivity index (χ2v) is 5.70. The Balaban J connectivity index is 1.97. The summed E-state index contributed by atoms with van der Waals surface area (Å²) in [7, 11) is 4.26. The maximum Gasteiger partial charge on any atom is 0.335 e. The van der Waals surface area contributed by atoms with Crippen molar-refractivity contribution in [1.29, 1.82) is 0 Å². The lowest BCUT2D eigenvalue weighted by atomic mass is 10.1. The van der Waals surface area contributed by atoms with Crippen LogP contribution in [0.4, 0.5) is 0 Å². The molecule has 0 bridgehead atoms. The highest BCUT2D eigenvalue weighted by atomic mass is 16.4. The number of carboxylic acid groups (broad SMARTS) is 1. The van der Waals surface area contributed by atoms with Gasteiger partial charge in [0.2, 0.25) is 0 Å². The maximum absolute atomic E-state index is 10.8. The first-order valence-electron chi connectivity index (χ1n) is 6.68. The monoisotopic (exact) mass is 262 g/mol. The zero-order valence-corrected chi connectivity index (χ0v) is 11.8. The van der Waals surface area contributed by atoms with E-state index in [-0.39, 0.29) is 0 Å². The van der Waals surface area contributed by atoms with E-state index in [1.165, 1.54) is 5.56 Å². The van der Waals surface area contributed by atoms with Crippen LogP contribution in [0.5, 0.6) is 0 Å². The molecule has 2 rings (SSSR count). The molecule has 2 unspecified atom stereocenters. The van der Waals surface area contributed by atoms with E-state index >= 15 is 0 Å². The van der Waals surface area contributed by atoms with E-state index in [1.54, 1.807) is 12.1 Å². The molecule has 104 valence electrons. The Labute approximate surface area is 114 Å². The molecule has 1 aliphatic heterocycles. The number of nitrogens with zero attached hydrogens (tertiary/aromatic N) is 2. The minimum absolute atomic E-state index is 0.352. The average Bonchev–Trinajstić information content (AvgIpc) is 2.71. The van der Waals surface area contributed by atoms with Gasteiger partial charge in [0.15, 0.2) is 0 Å². The van der Waals surface area contributed by atoms with Crippen molar-refractivity contribution >= 4 is 5.97 Å². The zero-order valence-electron chi connectivity index (χ0n) is 11.8. The molecule has 0 saturated carbocycles. The number of benzene rings is 1. The molecule has 1 aliphatic rings. The molecule has 0 amide bonds. The Morgan fingerprint density at radius 2 is 1.95 bits per heavy atom. The molecule has 1 aromatic rings. The summed E-state index contributed by atoms with van der Waals surface area (Å²) < 4.78 is 0. The van der Waals surface area contributed by atoms with E-state index < -0.39 is 5.97 Å². The van der Waals surface area contributed by atoms with Crippen LogP contribution in [0.25, 0.3) is 0 Å². The number of aromatic carboxylic acids is 1. The Morgan fingerprint density at radius 3 is 2.42 bits per heavy atom. The predicted octanol–water partition coefficient (Wildman–Crippen LogP) is 1.77. The van der Waals surface area contributed by atoms with Gasteiger partial charge in [0.1, 0.15) is 0 Å². The molecule has 2 atom stereocenters. The minimum Gasteiger partial charge on any atom is -0.478 e. The Hall–Kier alpha value is -1.39. The SMILES string of the molecule is CC1CN(Cc2ccc(C(=O)O)cc2)CC1N(C)C. The highest BCUT2D eigenvalue weighted by molar-refractivity contribution is 5.87. The summed E-state index contributed by atoms with van der Waals surface area (Å²) in [6.07, 6.45) is 0. The lowest BCUT2D eigenvalue weighted by Gasteiger charge is -2.22. The van der Waals surface area contributed by atoms with Gasteiger partial charge >= 0.3 is 5.97 Å². The van der Waals surface area contributed by atoms with Gasteiger partial charge in [-0.2, -0.15) is 0 Å². The van der Waals surface area contributed by atoms with Crippen LogP contribution >= 0.6 is 0 Å². The van der Waals surface area contributed by atoms with Crippen LogP contribution in [0.1, 0.15) is 22.8 Å². The van der Waals surface area contributed by atoms with Gasteiger partial charge in [-0.05, 0) is 37.7 Å². The van der Waals surface area contributed by atoms with Crippen molar-refractivity contribution in [2.24, 2.45) is 5.92 Å². The summed E-state index contributed by atoms with van der Waals surface area (Å²) in [5, 5.41) is 8.87. The number of rotatable bonds is 4. The maximum atomic E-state index is 10.8. The van der Waals surface area contributed by atoms with Gasteiger partial charge in [-0.1, -0.05) is 19.1 Å². The number of carbonyl (C=O) groups is 1. The smallest absolute Gasteiger partial charge is 0.335 e. The zero-order chi connectivity index (χ0) is 14.0. The molecule has 1 heterocycles. The van der Waals surface area contributed by atoms with Crippen LogP contribution < -0.4 is 0 Å². The van der Waals surface area contributed by atoms with E-state index in [0.717, 1.165) is 19.6 Å². The van der Waals surface area contributed by atoms with Gasteiger partial charge in [-0.15, -0.1) is 0 Å². The first kappa shape index (κ1) is 14.0. The van der Waals surface area contributed by atoms with Crippen LogP contribution in [-0.4, -0.2) is 54.1 Å². The molecule has 19 heavy (non-hydrogen) atoms. The Morgan fingerprint density at radius 1 is 1.32 bits per heavy atom. The third-order valence-electron chi connectivity index (χ3n) is 3.92. The lowest BCUT2D eigenvalue weighted by molar-refractivity contribution is 0.0697. The third-order valence-corrected chi connectivity index (χ3v) is 3.92. The highest BCUT2D eigenvalue weighted by Gasteiger charge is 2.30. The fourth-order valence-corrected chi connectivity index (χ4v) is 2.86. The second kappa shape index (κ2) is 5.72. The fraction of sp³-hybridized carbons (Fsp3) is 0.533. The molecule has 4 nitrogen and oxygen atoms in total. The van der Waals surface area contributed by atoms with Crippen molar-refractivity contribution in [2.45, 2.75) is 19.5 Å². The highest BCUT2D eigenvalue weighted by Crippen LogP contribution is 2.21. The minimum atomic E-state index is -0.867. The molecule has 1 N–H and O–H groups in total. The van der Waals surface area contributed by atoms with Crippen molar-refractivity contribution < 1.29 is 9.90 Å². The van der Waals surface area contributed by atoms with E-state index in [9.17, 15) is 4.79 Å². The van der Waals surface area contributed by atoms with E-state index in [2.05, 4.69) is 30.8 Å². The molecular formula is C15H22N2O2. The predicted molar refractivity (Wildman–Crippen MR) is 75.3 cm³/mol. The molecule has 0 radical (unpaired) electrons. The molecule has 4 heteroatoms. The summed E-state index contributed by atoms with van der Waals surface area (Å²) in [5.74, 6) is -0.192. The van der Waals surface area contributed by atoms with Gasteiger partial charge in [0.25, 0.3) is 0 Å². The van der Waals surface area contributed by atoms with Gasteiger partial charge < -0.3 is 10.0 Å². The molecule has 1 saturated heterocycles. The van der Waals surface area contributed by atoms with Crippen molar-refractivity contribution in [1.82, 2.24) is 9.80 Å². The number of hydrogen-bond donors (Lipinski definition) is 1. The van der Waals surface area contributed by atoms with E-state index in [1.807, 2.05) is 12.1 Å². The number of likely N-dealkylation sites (N-methyl/N-ethyl adjacent to an activating group) is 1. The summed E-state index contributed by atoms with van der Waals surface area (Å²) >= 11 is 0. The summed E-state index contributed by atoms with van der Waals surface area (Å²) in [4.78, 5) is 15.5. The van der Waals surface area contributed by atoms with Crippen LogP contribution in [0, 0.1) is 5.92 Å². The normalized spacial score (nSPS) is 24.0. The summed E-state index contributed by atoms with van der Waals surface area (Å²) in [6.45, 7) is 5.37. The van der Waals surface area contributed by atoms with E-state index in [0.29, 0.717) is 17.5 Å². The Kier molecular flexibility index (Phi) is 4.22. The van der Waals surface area contributed by atoms with Gasteiger partial charge in [0.05, 0.1) is 5.56 Å². The molecule has 1 fully saturated rings. The first-order chi connectivity index (χ1) is 8.97. The van der Waals surface area contributed by atoms with Gasteiger partial charge in [-0.25, -0.2) is 4.79 Å². The van der Waals surface area contributed by atoms with Crippen molar-refractivity contribution in [3.8, 4) is 0 Å². The van der Waals surface area contributed by atoms with Crippen LogP contribution in [0.15, 0.2) is 24.3 Å². The quantitative estimate of drug-likeness (QED) is 0.898. The standard InChI is InChI=1S/C15H22N2O2/c1-11-8-17(10-14(11)16(2)3)9-12-4-6-13(7-5-12)15(18)19/h4-7,11,14H,8-10H2,1-3H3,(H,18,19). The van der Waals surface area contributed by atoms with Gasteiger partial charge in [0, 0.05) is 25.7 Å². The molecule has 0 aliphatic carbocycles. The molecule has 1 aromatic carbocycles. The number of likely N-dealkylation sites (tertiary alicyclic amines) is 1. The fourth-order valence-electron chi connectivity index (χ4n) is 2.86. The van der Waals surface area contributed by atoms with Crippen molar-refractivity contribution in [2.75, 3.05) is 27.2 Å². The number of hydrogen-bond acceptors (Lipinski definition) is 3. The van der Waals surface area contributed by atoms with Gasteiger partial charge in [-0.3, -0.25) is 4.90 Å². The molecular weight excluding hydrogens is 240 g/mol. The van der Waals surface area contributed by atoms with Crippen molar-refractivity contribution in [3.05, 3.63) is 35.4 Å². The lowest BCUT2D eigenvalue weighted by Crippen LogP contribution is -2.34. The van der Waals surface area contributed by atoms with Crippen LogP contribution in [-0.2, 0) is 6.54 Å². The summed E-state index contributed by atoms with van der Waals surface area (Å²) in [6, 6.07) is 7.80. The van der Waals surface area contributed by atoms with Crippen LogP contribution in [0.3, 0.4) is 0 Å². The third kappa shape index (κ3) is 3.33. The average molecular weight is 262 g/mol. The topological polar surface area (TPSA) is 43.8 Å². The molecule has 0 aromatic heterocycles. The largest absolute Gasteiger partial charge is 0.478 e. The van der Waals surface area contributed by atoms with E-state index in [4.69, 9.17) is 5.11 Å². The second-order valence-electron chi connectivity index (χ2n) is 5.70. The summed E-state index contributed by atoms with van der Waals surface area (Å²) in [5.41, 5.74) is 1.53. The number of carboxylic acids is 1.